The number of hydrogen-bond acceptors (Lipinski definition) is 12. The summed E-state index contributed by atoms with van der Waals surface area (Å²) in [6, 6.07) is 26.0. The summed E-state index contributed by atoms with van der Waals surface area (Å²) < 4.78 is 57.7. The van der Waals surface area contributed by atoms with Crippen molar-refractivity contribution in [2.45, 2.75) is 168 Å². The van der Waals surface area contributed by atoms with Crippen molar-refractivity contribution in [3.63, 3.8) is 0 Å². The Kier molecular flexibility index (Phi) is 19.0. The van der Waals surface area contributed by atoms with Crippen molar-refractivity contribution in [1.29, 1.82) is 0 Å². The molecule has 0 N–H and O–H groups in total. The number of thiophene rings is 6. The predicted molar refractivity (Wildman–Crippen MR) is 351 cm³/mol. The van der Waals surface area contributed by atoms with E-state index < -0.39 is 13.3 Å². The molecule has 0 bridgehead atoms. The summed E-state index contributed by atoms with van der Waals surface area (Å²) in [5.74, 6) is 0.658. The van der Waals surface area contributed by atoms with E-state index >= 15 is 8.78 Å². The second-order valence-corrected chi connectivity index (χ2v) is 38.2. The molecule has 0 saturated heterocycles. The van der Waals surface area contributed by atoms with E-state index in [9.17, 15) is 0 Å². The molecule has 8 aromatic heterocycles. The first-order valence-corrected chi connectivity index (χ1v) is 40.7. The van der Waals surface area contributed by atoms with Gasteiger partial charge in [-0.15, -0.1) is 0 Å². The molecule has 1 aliphatic heterocycles. The number of halogens is 2. The van der Waals surface area contributed by atoms with Crippen LogP contribution in [0.1, 0.15) is 154 Å². The number of rotatable bonds is 28. The summed E-state index contributed by atoms with van der Waals surface area (Å²) >= 11 is 9.63. The Balaban J connectivity index is 0.992. The van der Waals surface area contributed by atoms with Gasteiger partial charge in [-0.05, 0) is 37.8 Å². The molecule has 414 valence electrons. The molecule has 9 heterocycles. The zero-order valence-corrected chi connectivity index (χ0v) is 55.2. The van der Waals surface area contributed by atoms with Gasteiger partial charge in [0, 0.05) is 9.75 Å². The molecule has 2 aromatic carbocycles. The standard InChI is InChI=1S/C64H72F2GeN4S8/c1-7-13-17-19-23-41-25-27-51(72-41)53-31-29-49(74-53)43-33-45(65)57(61-59(43)68-78-70-61)55-35-47-63(76-55)64-48(67(47,37-39(11-5)21-15-9-3)38-40(12-6)22-16-10-4)36-56(77-64)58-46(66)34-44(60-62(58)71-79-69-60)50-30-32-54(75-50)52-28-26-42(73-52)24-20-18-14-8-2/h25-36,39-40H,7-24,37-38H2,1-6H3. The first kappa shape index (κ1) is 57.5. The molecule has 15 heteroatoms. The van der Waals surface area contributed by atoms with E-state index in [0.717, 1.165) is 67.4 Å². The number of benzene rings is 2. The van der Waals surface area contributed by atoms with Gasteiger partial charge < -0.3 is 0 Å². The maximum absolute atomic E-state index is 17.5. The van der Waals surface area contributed by atoms with Crippen molar-refractivity contribution in [3.05, 3.63) is 94.2 Å². The third kappa shape index (κ3) is 11.8. The number of aryl methyl sites for hydroxylation is 2. The van der Waals surface area contributed by atoms with Gasteiger partial charge in [-0.3, -0.25) is 0 Å². The molecule has 1 aliphatic rings. The van der Waals surface area contributed by atoms with E-state index in [4.69, 9.17) is 17.5 Å². The molecule has 10 aromatic rings. The molecule has 0 spiro atoms. The molecule has 0 aliphatic carbocycles. The Morgan fingerprint density at radius 3 is 1.22 bits per heavy atom. The maximum atomic E-state index is 17.5. The van der Waals surface area contributed by atoms with Gasteiger partial charge in [0.2, 0.25) is 0 Å². The zero-order chi connectivity index (χ0) is 54.6. The summed E-state index contributed by atoms with van der Waals surface area (Å²) in [6.45, 7) is 13.9. The second-order valence-electron chi connectivity index (χ2n) is 22.0. The fourth-order valence-electron chi connectivity index (χ4n) is 12.3. The van der Waals surface area contributed by atoms with Gasteiger partial charge in [-0.2, -0.15) is 0 Å². The molecule has 0 amide bonds. The Bertz CT molecular complexity index is 3420. The van der Waals surface area contributed by atoms with Gasteiger partial charge in [0.25, 0.3) is 0 Å². The molecule has 2 unspecified atom stereocenters. The van der Waals surface area contributed by atoms with Crippen LogP contribution in [0.15, 0.2) is 72.8 Å². The molecular formula is C64H72F2GeN4S8. The predicted octanol–water partition coefficient (Wildman–Crippen LogP) is 22.6. The Labute approximate surface area is 501 Å². The first-order valence-electron chi connectivity index (χ1n) is 29.3. The van der Waals surface area contributed by atoms with Gasteiger partial charge in [0.05, 0.1) is 0 Å². The molecule has 0 radical (unpaired) electrons. The van der Waals surface area contributed by atoms with Crippen molar-refractivity contribution >= 4 is 136 Å². The number of fused-ring (bicyclic) bond motifs is 5. The monoisotopic (exact) mass is 1260 g/mol. The zero-order valence-electron chi connectivity index (χ0n) is 46.5. The third-order valence-corrected chi connectivity index (χ3v) is 37.2. The van der Waals surface area contributed by atoms with Crippen molar-refractivity contribution in [2.75, 3.05) is 0 Å². The van der Waals surface area contributed by atoms with Crippen LogP contribution >= 0.6 is 91.5 Å². The Morgan fingerprint density at radius 1 is 0.405 bits per heavy atom. The van der Waals surface area contributed by atoms with Gasteiger partial charge in [-0.1, -0.05) is 52.4 Å². The number of unbranched alkanes of at least 4 members (excludes halogenated alkanes) is 8. The topological polar surface area (TPSA) is 51.6 Å². The summed E-state index contributed by atoms with van der Waals surface area (Å²) in [5.41, 5.74) is 5.57. The van der Waals surface area contributed by atoms with Crippen molar-refractivity contribution in [3.8, 4) is 71.0 Å². The van der Waals surface area contributed by atoms with Crippen molar-refractivity contribution in [2.24, 2.45) is 11.8 Å². The Hall–Kier alpha value is -3.32. The van der Waals surface area contributed by atoms with Crippen LogP contribution < -0.4 is 8.79 Å². The average molecular weight is 1260 g/mol. The average Bonchev–Trinajstić information content (AvgIpc) is 3.45. The summed E-state index contributed by atoms with van der Waals surface area (Å²) in [5, 5.41) is 2.37. The van der Waals surface area contributed by atoms with Crippen LogP contribution in [0.3, 0.4) is 0 Å². The second kappa shape index (κ2) is 26.1. The van der Waals surface area contributed by atoms with Crippen molar-refractivity contribution in [1.82, 2.24) is 17.5 Å². The molecule has 4 nitrogen and oxygen atoms in total. The first-order chi connectivity index (χ1) is 38.7. The van der Waals surface area contributed by atoms with Crippen LogP contribution in [0.5, 0.6) is 0 Å². The third-order valence-electron chi connectivity index (χ3n) is 16.6. The van der Waals surface area contributed by atoms with Crippen molar-refractivity contribution < 1.29 is 8.78 Å². The summed E-state index contributed by atoms with van der Waals surface area (Å²) in [7, 11) is 0. The van der Waals surface area contributed by atoms with Crippen LogP contribution in [-0.2, 0) is 12.8 Å². The summed E-state index contributed by atoms with van der Waals surface area (Å²) in [4.78, 5) is 14.2. The van der Waals surface area contributed by atoms with Gasteiger partial charge in [0.1, 0.15) is 0 Å². The molecule has 2 atom stereocenters. The molecule has 11 rings (SSSR count). The quantitative estimate of drug-likeness (QED) is 0.0362. The van der Waals surface area contributed by atoms with E-state index in [2.05, 4.69) is 102 Å². The number of nitrogens with zero attached hydrogens (tertiary/aromatic N) is 4. The fraction of sp³-hybridized carbons (Fsp3) is 0.438. The fourth-order valence-corrected chi connectivity index (χ4v) is 36.7. The van der Waals surface area contributed by atoms with Gasteiger partial charge in [-0.25, -0.2) is 0 Å². The minimum atomic E-state index is -3.39. The van der Waals surface area contributed by atoms with Gasteiger partial charge in [0.15, 0.2) is 0 Å². The van der Waals surface area contributed by atoms with E-state index in [1.54, 1.807) is 57.5 Å². The van der Waals surface area contributed by atoms with Gasteiger partial charge >= 0.3 is 407 Å². The van der Waals surface area contributed by atoms with Crippen LogP contribution in [0.25, 0.3) is 93.1 Å². The summed E-state index contributed by atoms with van der Waals surface area (Å²) in [6.07, 6.45) is 21.8. The van der Waals surface area contributed by atoms with Crippen LogP contribution in [0.4, 0.5) is 8.78 Å². The molecule has 79 heavy (non-hydrogen) atoms. The van der Waals surface area contributed by atoms with E-state index in [-0.39, 0.29) is 11.6 Å². The van der Waals surface area contributed by atoms with Crippen LogP contribution in [0.2, 0.25) is 10.5 Å². The number of aromatic nitrogens is 4. The minimum absolute atomic E-state index is 0.249. The molecule has 0 fully saturated rings. The normalized spacial score (nSPS) is 13.8. The number of hydrogen-bond donors (Lipinski definition) is 0. The molecular weight excluding hydrogens is 1190 g/mol. The van der Waals surface area contributed by atoms with Crippen LogP contribution in [-0.4, -0.2) is 30.8 Å². The van der Waals surface area contributed by atoms with Crippen LogP contribution in [0, 0.1) is 23.5 Å². The SMILES string of the molecule is CCCCCCc1ccc(-c2ccc(-c3cc(F)c(-c4c[c]5c(s4)-c4sc(-c6c(F)cc(-c7ccc(-c8ccc(CCCCCC)s8)s7)c7nsnc67)c[c]4[Ge]5([CH2]C(CC)CCCC)[CH2]C(CC)CCCC)c4nsnc34)s2)s1. The molecule has 0 saturated carbocycles. The van der Waals surface area contributed by atoms with E-state index in [0.29, 0.717) is 34.0 Å². The Morgan fingerprint density at radius 2 is 0.797 bits per heavy atom. The van der Waals surface area contributed by atoms with E-state index in [1.807, 2.05) is 22.7 Å². The van der Waals surface area contributed by atoms with E-state index in [1.165, 1.54) is 172 Å².